The second-order valence-electron chi connectivity index (χ2n) is 9.15. The lowest BCUT2D eigenvalue weighted by molar-refractivity contribution is -0.137. The molecule has 192 valence electrons. The van der Waals surface area contributed by atoms with Gasteiger partial charge < -0.3 is 16.0 Å². The topological polar surface area (TPSA) is 89.1 Å². The van der Waals surface area contributed by atoms with Crippen LogP contribution in [0.5, 0.6) is 0 Å². The fourth-order valence-corrected chi connectivity index (χ4v) is 6.18. The number of anilines is 2. The number of hydrogen-bond acceptors (Lipinski definition) is 7. The molecule has 0 aliphatic carbocycles. The highest BCUT2D eigenvalue weighted by atomic mass is 32.2. The van der Waals surface area contributed by atoms with Gasteiger partial charge in [0.05, 0.1) is 11.1 Å². The number of halogens is 5. The number of rotatable bonds is 2. The van der Waals surface area contributed by atoms with Crippen LogP contribution in [0.15, 0.2) is 21.8 Å². The van der Waals surface area contributed by atoms with Gasteiger partial charge in [0, 0.05) is 53.6 Å². The molecule has 4 heterocycles. The van der Waals surface area contributed by atoms with Gasteiger partial charge in [0.25, 0.3) is 0 Å². The van der Waals surface area contributed by atoms with Crippen LogP contribution < -0.4 is 21.6 Å². The van der Waals surface area contributed by atoms with Gasteiger partial charge in [-0.3, -0.25) is 4.57 Å². The number of nitrogens with zero attached hydrogens (tertiary/aromatic N) is 4. The summed E-state index contributed by atoms with van der Waals surface area (Å²) in [5.74, 6) is -2.64. The summed E-state index contributed by atoms with van der Waals surface area (Å²) in [6.07, 6.45) is -4.42. The fraction of sp³-hybridized carbons (Fsp3) is 0.435. The Hall–Kier alpha value is -2.93. The Morgan fingerprint density at radius 2 is 1.81 bits per heavy atom. The summed E-state index contributed by atoms with van der Waals surface area (Å²) < 4.78 is 73.6. The van der Waals surface area contributed by atoms with Gasteiger partial charge in [0.15, 0.2) is 17.5 Å². The Bertz CT molecular complexity index is 1420. The first-order valence-electron chi connectivity index (χ1n) is 11.4. The van der Waals surface area contributed by atoms with Crippen molar-refractivity contribution in [3.8, 4) is 11.3 Å². The first-order valence-corrected chi connectivity index (χ1v) is 12.4. The Balaban J connectivity index is 1.92. The molecule has 13 heteroatoms. The Morgan fingerprint density at radius 1 is 1.11 bits per heavy atom. The Labute approximate surface area is 206 Å². The highest BCUT2D eigenvalue weighted by Crippen LogP contribution is 2.48. The van der Waals surface area contributed by atoms with E-state index in [0.717, 1.165) is 17.8 Å². The number of nitrogen functional groups attached to an aromatic ring is 1. The number of aryl methyl sites for hydroxylation is 1. The van der Waals surface area contributed by atoms with Crippen LogP contribution in [0.4, 0.5) is 33.6 Å². The molecule has 0 amide bonds. The van der Waals surface area contributed by atoms with Crippen LogP contribution >= 0.6 is 11.8 Å². The zero-order valence-electron chi connectivity index (χ0n) is 19.4. The summed E-state index contributed by atoms with van der Waals surface area (Å²) in [6.45, 7) is 4.99. The lowest BCUT2D eigenvalue weighted by atomic mass is 9.98. The molecule has 2 atom stereocenters. The molecule has 2 aromatic heterocycles. The van der Waals surface area contributed by atoms with Crippen molar-refractivity contribution in [2.24, 2.45) is 0 Å². The van der Waals surface area contributed by atoms with E-state index >= 15 is 0 Å². The van der Waals surface area contributed by atoms with Gasteiger partial charge in [-0.1, -0.05) is 0 Å². The van der Waals surface area contributed by atoms with E-state index < -0.39 is 46.1 Å². The van der Waals surface area contributed by atoms with E-state index in [1.54, 1.807) is 4.90 Å². The molecule has 7 nitrogen and oxygen atoms in total. The van der Waals surface area contributed by atoms with Gasteiger partial charge in [0.1, 0.15) is 11.5 Å². The average molecular weight is 527 g/mol. The van der Waals surface area contributed by atoms with Crippen molar-refractivity contribution in [3.63, 3.8) is 0 Å². The molecule has 0 spiro atoms. The first-order chi connectivity index (χ1) is 17.0. The number of alkyl halides is 3. The standard InChI is InChI=1S/C23H23F5N6OS/c1-10-8-33(9-11(2)30-10)21-12-6-13(23(26,27)28)16(17-14(24)7-15(25)20(29)31-17)19-18(12)34(22(35)32-21)4-3-5-36-19/h6-7,10-11,30H,3-5,8-9H2,1-2H3,(H2,29,31). The van der Waals surface area contributed by atoms with Crippen LogP contribution in [0.2, 0.25) is 0 Å². The number of benzene rings is 1. The second kappa shape index (κ2) is 8.87. The van der Waals surface area contributed by atoms with Gasteiger partial charge in [-0.05, 0) is 32.1 Å². The quantitative estimate of drug-likeness (QED) is 0.488. The van der Waals surface area contributed by atoms with Crippen LogP contribution in [-0.4, -0.2) is 45.5 Å². The summed E-state index contributed by atoms with van der Waals surface area (Å²) >= 11 is 1.08. The van der Waals surface area contributed by atoms with Gasteiger partial charge >= 0.3 is 11.9 Å². The van der Waals surface area contributed by atoms with Gasteiger partial charge in [-0.2, -0.15) is 18.2 Å². The number of nitrogens with two attached hydrogens (primary N) is 1. The highest BCUT2D eigenvalue weighted by molar-refractivity contribution is 7.99. The van der Waals surface area contributed by atoms with Crippen molar-refractivity contribution in [1.29, 1.82) is 0 Å². The van der Waals surface area contributed by atoms with Gasteiger partial charge in [-0.25, -0.2) is 18.6 Å². The van der Waals surface area contributed by atoms with Crippen molar-refractivity contribution >= 4 is 34.3 Å². The van der Waals surface area contributed by atoms with E-state index in [2.05, 4.69) is 15.3 Å². The zero-order valence-corrected chi connectivity index (χ0v) is 20.2. The first kappa shape index (κ1) is 24.8. The maximum atomic E-state index is 14.9. The zero-order chi connectivity index (χ0) is 25.9. The molecule has 3 aromatic rings. The minimum atomic E-state index is -4.91. The third kappa shape index (κ3) is 4.17. The molecule has 2 aliphatic heterocycles. The monoisotopic (exact) mass is 526 g/mol. The molecule has 0 radical (unpaired) electrons. The largest absolute Gasteiger partial charge is 0.417 e. The molecule has 0 saturated carbocycles. The Morgan fingerprint density at radius 3 is 2.47 bits per heavy atom. The molecule has 0 bridgehead atoms. The molecule has 36 heavy (non-hydrogen) atoms. The van der Waals surface area contributed by atoms with Crippen LogP contribution in [0.1, 0.15) is 25.8 Å². The van der Waals surface area contributed by atoms with E-state index in [0.29, 0.717) is 31.3 Å². The van der Waals surface area contributed by atoms with Crippen LogP contribution in [0, 0.1) is 11.6 Å². The third-order valence-corrected chi connectivity index (χ3v) is 7.51. The summed E-state index contributed by atoms with van der Waals surface area (Å²) in [7, 11) is 0. The maximum Gasteiger partial charge on any atom is 0.417 e. The number of hydrogen-bond donors (Lipinski definition) is 2. The van der Waals surface area contributed by atoms with Crippen molar-refractivity contribution in [1.82, 2.24) is 19.9 Å². The summed E-state index contributed by atoms with van der Waals surface area (Å²) in [6, 6.07) is 1.35. The van der Waals surface area contributed by atoms with E-state index in [-0.39, 0.29) is 40.2 Å². The summed E-state index contributed by atoms with van der Waals surface area (Å²) in [4.78, 5) is 22.9. The van der Waals surface area contributed by atoms with E-state index in [1.165, 1.54) is 4.57 Å². The smallest absolute Gasteiger partial charge is 0.381 e. The minimum absolute atomic E-state index is 0.0133. The van der Waals surface area contributed by atoms with Crippen molar-refractivity contribution < 1.29 is 22.0 Å². The predicted octanol–water partition coefficient (Wildman–Crippen LogP) is 4.02. The number of aromatic nitrogens is 3. The molecule has 2 unspecified atom stereocenters. The Kier molecular flexibility index (Phi) is 6.10. The number of pyridine rings is 1. The third-order valence-electron chi connectivity index (χ3n) is 6.33. The highest BCUT2D eigenvalue weighted by Gasteiger charge is 2.39. The summed E-state index contributed by atoms with van der Waals surface area (Å²) in [5, 5.41) is 3.49. The summed E-state index contributed by atoms with van der Waals surface area (Å²) in [5.41, 5.74) is 2.73. The predicted molar refractivity (Wildman–Crippen MR) is 128 cm³/mol. The SMILES string of the molecule is CC1CN(c2nc(=O)n3c4c(c(-c5nc(N)c(F)cc5F)c(C(F)(F)F)cc24)SCCC3)CC(C)N1. The molecule has 1 saturated heterocycles. The van der Waals surface area contributed by atoms with Crippen LogP contribution in [0.3, 0.4) is 0 Å². The molecular weight excluding hydrogens is 503 g/mol. The minimum Gasteiger partial charge on any atom is -0.381 e. The maximum absolute atomic E-state index is 14.9. The fourth-order valence-electron chi connectivity index (χ4n) is 4.99. The van der Waals surface area contributed by atoms with Crippen molar-refractivity contribution in [2.45, 2.75) is 50.0 Å². The normalized spacial score (nSPS) is 20.6. The molecule has 1 fully saturated rings. The number of thioether (sulfide) groups is 1. The average Bonchev–Trinajstić information content (AvgIpc) is 3.01. The number of piperazine rings is 1. The van der Waals surface area contributed by atoms with Crippen LogP contribution in [0.25, 0.3) is 22.2 Å². The second-order valence-corrected chi connectivity index (χ2v) is 10.3. The van der Waals surface area contributed by atoms with Crippen molar-refractivity contribution in [3.05, 3.63) is 39.8 Å². The van der Waals surface area contributed by atoms with E-state index in [1.807, 2.05) is 13.8 Å². The van der Waals surface area contributed by atoms with Crippen molar-refractivity contribution in [2.75, 3.05) is 29.5 Å². The van der Waals surface area contributed by atoms with Gasteiger partial charge in [-0.15, -0.1) is 11.8 Å². The molecule has 5 rings (SSSR count). The lowest BCUT2D eigenvalue weighted by Gasteiger charge is -2.37. The molecular formula is C23H23F5N6OS. The lowest BCUT2D eigenvalue weighted by Crippen LogP contribution is -2.55. The van der Waals surface area contributed by atoms with E-state index in [4.69, 9.17) is 5.73 Å². The number of nitrogens with one attached hydrogen (secondary N) is 1. The van der Waals surface area contributed by atoms with E-state index in [9.17, 15) is 26.7 Å². The molecule has 2 aliphatic rings. The molecule has 1 aromatic carbocycles. The van der Waals surface area contributed by atoms with Crippen LogP contribution in [-0.2, 0) is 12.7 Å². The van der Waals surface area contributed by atoms with Gasteiger partial charge in [0.2, 0.25) is 0 Å². The molecule has 3 N–H and O–H groups in total.